The molecule has 1 aliphatic heterocycles. The summed E-state index contributed by atoms with van der Waals surface area (Å²) in [6, 6.07) is 3.45. The zero-order chi connectivity index (χ0) is 13.7. The summed E-state index contributed by atoms with van der Waals surface area (Å²) in [6.07, 6.45) is -0.0141. The van der Waals surface area contributed by atoms with Crippen LogP contribution in [0.2, 0.25) is 0 Å². The maximum Gasteiger partial charge on any atom is 0.224 e. The maximum absolute atomic E-state index is 13.0. The van der Waals surface area contributed by atoms with Crippen molar-refractivity contribution in [2.75, 3.05) is 26.2 Å². The lowest BCUT2D eigenvalue weighted by molar-refractivity contribution is -0.121. The smallest absolute Gasteiger partial charge is 0.224 e. The lowest BCUT2D eigenvalue weighted by Crippen LogP contribution is -2.45. The van der Waals surface area contributed by atoms with Gasteiger partial charge in [-0.2, -0.15) is 0 Å². The molecule has 0 aliphatic carbocycles. The normalized spacial score (nSPS) is 19.2. The van der Waals surface area contributed by atoms with Gasteiger partial charge in [0, 0.05) is 19.6 Å². The molecule has 0 bridgehead atoms. The number of carbonyl (C=O) groups is 1. The number of ether oxygens (including phenoxy) is 1. The second-order valence-corrected chi connectivity index (χ2v) is 4.43. The molecule has 1 fully saturated rings. The summed E-state index contributed by atoms with van der Waals surface area (Å²) in [6.45, 7) is 2.56. The number of benzene rings is 1. The van der Waals surface area contributed by atoms with Crippen molar-refractivity contribution >= 4 is 5.91 Å². The maximum atomic E-state index is 13.0. The van der Waals surface area contributed by atoms with Crippen LogP contribution in [0.5, 0.6) is 0 Å². The minimum Gasteiger partial charge on any atom is -0.374 e. The van der Waals surface area contributed by atoms with Crippen LogP contribution in [0, 0.1) is 11.6 Å². The minimum absolute atomic E-state index is 0.0251. The fraction of sp³-hybridized carbons (Fsp3) is 0.462. The van der Waals surface area contributed by atoms with E-state index < -0.39 is 11.6 Å². The first-order chi connectivity index (χ1) is 9.15. The molecule has 1 aromatic carbocycles. The van der Waals surface area contributed by atoms with Crippen molar-refractivity contribution in [3.63, 3.8) is 0 Å². The van der Waals surface area contributed by atoms with Crippen LogP contribution in [0.3, 0.4) is 0 Å². The number of rotatable bonds is 4. The van der Waals surface area contributed by atoms with Crippen LogP contribution >= 0.6 is 0 Å². The third kappa shape index (κ3) is 4.25. The van der Waals surface area contributed by atoms with E-state index >= 15 is 0 Å². The lowest BCUT2D eigenvalue weighted by atomic mass is 10.1. The van der Waals surface area contributed by atoms with Gasteiger partial charge in [0.25, 0.3) is 0 Å². The predicted octanol–water partition coefficient (Wildman–Crippen LogP) is 0.612. The van der Waals surface area contributed by atoms with Crippen LogP contribution in [-0.2, 0) is 16.0 Å². The predicted molar refractivity (Wildman–Crippen MR) is 65.7 cm³/mol. The first-order valence-electron chi connectivity index (χ1n) is 6.18. The third-order valence-corrected chi connectivity index (χ3v) is 2.88. The summed E-state index contributed by atoms with van der Waals surface area (Å²) in [5, 5.41) is 5.87. The first-order valence-corrected chi connectivity index (χ1v) is 6.18. The highest BCUT2D eigenvalue weighted by molar-refractivity contribution is 5.78. The zero-order valence-corrected chi connectivity index (χ0v) is 10.4. The van der Waals surface area contributed by atoms with E-state index in [1.807, 2.05) is 0 Å². The van der Waals surface area contributed by atoms with Crippen molar-refractivity contribution in [3.8, 4) is 0 Å². The van der Waals surface area contributed by atoms with E-state index in [4.69, 9.17) is 4.74 Å². The Bertz CT molecular complexity index is 448. The molecule has 0 spiro atoms. The molecule has 2 rings (SSSR count). The number of hydrogen-bond donors (Lipinski definition) is 2. The Morgan fingerprint density at radius 1 is 1.42 bits per heavy atom. The lowest BCUT2D eigenvalue weighted by Gasteiger charge is -2.23. The number of nitrogens with one attached hydrogen (secondary N) is 2. The number of halogens is 2. The SMILES string of the molecule is O=C(Cc1ccc(F)c(F)c1)NCC1CNCCO1. The Hall–Kier alpha value is -1.53. The van der Waals surface area contributed by atoms with Gasteiger partial charge in [-0.3, -0.25) is 4.79 Å². The molecule has 2 N–H and O–H groups in total. The topological polar surface area (TPSA) is 50.4 Å². The van der Waals surface area contributed by atoms with E-state index in [0.29, 0.717) is 25.3 Å². The molecule has 19 heavy (non-hydrogen) atoms. The van der Waals surface area contributed by atoms with E-state index in [9.17, 15) is 13.6 Å². The van der Waals surface area contributed by atoms with Crippen molar-refractivity contribution in [2.45, 2.75) is 12.5 Å². The van der Waals surface area contributed by atoms with Gasteiger partial charge in [-0.1, -0.05) is 6.07 Å². The molecule has 0 aromatic heterocycles. The van der Waals surface area contributed by atoms with Crippen molar-refractivity contribution in [3.05, 3.63) is 35.4 Å². The Labute approximate surface area is 110 Å². The summed E-state index contributed by atoms with van der Waals surface area (Å²) in [5.74, 6) is -2.09. The zero-order valence-electron chi connectivity index (χ0n) is 10.4. The average molecular weight is 270 g/mol. The molecule has 104 valence electrons. The van der Waals surface area contributed by atoms with E-state index in [1.165, 1.54) is 6.07 Å². The Balaban J connectivity index is 1.78. The van der Waals surface area contributed by atoms with Gasteiger partial charge in [-0.15, -0.1) is 0 Å². The summed E-state index contributed by atoms with van der Waals surface area (Å²) in [7, 11) is 0. The highest BCUT2D eigenvalue weighted by atomic mass is 19.2. The van der Waals surface area contributed by atoms with Crippen LogP contribution in [-0.4, -0.2) is 38.3 Å². The molecule has 1 unspecified atom stereocenters. The molecule has 1 heterocycles. The highest BCUT2D eigenvalue weighted by Crippen LogP contribution is 2.09. The monoisotopic (exact) mass is 270 g/mol. The highest BCUT2D eigenvalue weighted by Gasteiger charge is 2.14. The van der Waals surface area contributed by atoms with Crippen LogP contribution in [0.25, 0.3) is 0 Å². The van der Waals surface area contributed by atoms with Crippen molar-refractivity contribution in [1.82, 2.24) is 10.6 Å². The van der Waals surface area contributed by atoms with Crippen molar-refractivity contribution < 1.29 is 18.3 Å². The summed E-state index contributed by atoms with van der Waals surface area (Å²) >= 11 is 0. The Morgan fingerprint density at radius 2 is 2.26 bits per heavy atom. The van der Waals surface area contributed by atoms with Gasteiger partial charge in [-0.25, -0.2) is 8.78 Å². The van der Waals surface area contributed by atoms with Gasteiger partial charge < -0.3 is 15.4 Å². The second kappa shape index (κ2) is 6.58. The standard InChI is InChI=1S/C13H16F2N2O2/c14-11-2-1-9(5-12(11)15)6-13(18)17-8-10-7-16-3-4-19-10/h1-2,5,10,16H,3-4,6-8H2,(H,17,18). The largest absolute Gasteiger partial charge is 0.374 e. The molecule has 1 aliphatic rings. The Morgan fingerprint density at radius 3 is 2.95 bits per heavy atom. The average Bonchev–Trinajstić information content (AvgIpc) is 2.42. The molecule has 1 saturated heterocycles. The van der Waals surface area contributed by atoms with E-state index in [0.717, 1.165) is 18.7 Å². The van der Waals surface area contributed by atoms with E-state index in [1.54, 1.807) is 0 Å². The van der Waals surface area contributed by atoms with E-state index in [2.05, 4.69) is 10.6 Å². The quantitative estimate of drug-likeness (QED) is 0.843. The summed E-state index contributed by atoms with van der Waals surface area (Å²) in [5.41, 5.74) is 0.444. The number of hydrogen-bond acceptors (Lipinski definition) is 3. The molecule has 6 heteroatoms. The van der Waals surface area contributed by atoms with Gasteiger partial charge in [0.05, 0.1) is 19.1 Å². The van der Waals surface area contributed by atoms with Gasteiger partial charge >= 0.3 is 0 Å². The molecule has 0 saturated carbocycles. The Kier molecular flexibility index (Phi) is 4.81. The first kappa shape index (κ1) is 13.9. The van der Waals surface area contributed by atoms with Crippen molar-refractivity contribution in [2.24, 2.45) is 0 Å². The van der Waals surface area contributed by atoms with Crippen LogP contribution < -0.4 is 10.6 Å². The molecular weight excluding hydrogens is 254 g/mol. The molecule has 0 radical (unpaired) electrons. The van der Waals surface area contributed by atoms with Crippen LogP contribution in [0.15, 0.2) is 18.2 Å². The number of morpholine rings is 1. The van der Waals surface area contributed by atoms with Crippen LogP contribution in [0.1, 0.15) is 5.56 Å². The second-order valence-electron chi connectivity index (χ2n) is 4.43. The van der Waals surface area contributed by atoms with Crippen molar-refractivity contribution in [1.29, 1.82) is 0 Å². The van der Waals surface area contributed by atoms with Gasteiger partial charge in [-0.05, 0) is 17.7 Å². The number of carbonyl (C=O) groups excluding carboxylic acids is 1. The molecule has 1 amide bonds. The number of amides is 1. The summed E-state index contributed by atoms with van der Waals surface area (Å²) < 4.78 is 31.1. The fourth-order valence-corrected chi connectivity index (χ4v) is 1.88. The van der Waals surface area contributed by atoms with E-state index in [-0.39, 0.29) is 18.4 Å². The third-order valence-electron chi connectivity index (χ3n) is 2.88. The van der Waals surface area contributed by atoms with Gasteiger partial charge in [0.15, 0.2) is 11.6 Å². The molecule has 1 atom stereocenters. The summed E-state index contributed by atoms with van der Waals surface area (Å²) in [4.78, 5) is 11.6. The van der Waals surface area contributed by atoms with Gasteiger partial charge in [0.1, 0.15) is 0 Å². The molecular formula is C13H16F2N2O2. The van der Waals surface area contributed by atoms with Crippen LogP contribution in [0.4, 0.5) is 8.78 Å². The molecule has 1 aromatic rings. The van der Waals surface area contributed by atoms with Gasteiger partial charge in [0.2, 0.25) is 5.91 Å². The minimum atomic E-state index is -0.940. The molecule has 4 nitrogen and oxygen atoms in total. The fourth-order valence-electron chi connectivity index (χ4n) is 1.88.